The minimum Gasteiger partial charge on any atom is -0.328 e. The molecular formula is C10H9F12N3. The Hall–Kier alpha value is -1.41. The van der Waals surface area contributed by atoms with Gasteiger partial charge in [-0.1, -0.05) is 0 Å². The van der Waals surface area contributed by atoms with E-state index in [2.05, 4.69) is 4.99 Å². The topological polar surface area (TPSA) is 27.6 Å². The molecule has 1 fully saturated rings. The number of nitrogens with zero attached hydrogens (tertiary/aromatic N) is 2. The van der Waals surface area contributed by atoms with Crippen molar-refractivity contribution in [3.63, 3.8) is 0 Å². The Morgan fingerprint density at radius 2 is 1.16 bits per heavy atom. The van der Waals surface area contributed by atoms with E-state index in [4.69, 9.17) is 0 Å². The van der Waals surface area contributed by atoms with Gasteiger partial charge in [-0.15, -0.1) is 0 Å². The van der Waals surface area contributed by atoms with Gasteiger partial charge in [0.1, 0.15) is 5.84 Å². The summed E-state index contributed by atoms with van der Waals surface area (Å²) >= 11 is 0. The third kappa shape index (κ3) is 2.70. The molecule has 0 saturated carbocycles. The van der Waals surface area contributed by atoms with Crippen LogP contribution in [-0.4, -0.2) is 60.2 Å². The third-order valence-electron chi connectivity index (χ3n) is 3.50. The number of alkyl halides is 12. The Morgan fingerprint density at radius 1 is 0.800 bits per heavy atom. The number of rotatable bonds is 1. The summed E-state index contributed by atoms with van der Waals surface area (Å²) in [5.74, 6) is -2.48. The van der Waals surface area contributed by atoms with Gasteiger partial charge >= 0.3 is 24.7 Å². The molecule has 1 rings (SSSR count). The molecule has 0 amide bonds. The highest BCUT2D eigenvalue weighted by Gasteiger charge is 2.89. The first-order valence-electron chi connectivity index (χ1n) is 6.16. The quantitative estimate of drug-likeness (QED) is 0.683. The zero-order valence-corrected chi connectivity index (χ0v) is 12.1. The maximum atomic E-state index is 13.2. The molecule has 1 N–H and O–H groups in total. The number of halogens is 12. The van der Waals surface area contributed by atoms with E-state index in [-0.39, 0.29) is 12.4 Å². The van der Waals surface area contributed by atoms with E-state index in [1.807, 2.05) is 0 Å². The minimum atomic E-state index is -6.61. The number of hydrogen-bond acceptors (Lipinski definition) is 2. The molecule has 0 aromatic heterocycles. The average molecular weight is 399 g/mol. The van der Waals surface area contributed by atoms with Crippen LogP contribution < -0.4 is 5.32 Å². The van der Waals surface area contributed by atoms with Crippen LogP contribution >= 0.6 is 0 Å². The fourth-order valence-corrected chi connectivity index (χ4v) is 2.43. The Balaban J connectivity index is 4.00. The van der Waals surface area contributed by atoms with E-state index < -0.39 is 53.2 Å². The van der Waals surface area contributed by atoms with Gasteiger partial charge in [0.15, 0.2) is 0 Å². The van der Waals surface area contributed by atoms with Gasteiger partial charge in [0.05, 0.1) is 0 Å². The average Bonchev–Trinajstić information content (AvgIpc) is 2.59. The van der Waals surface area contributed by atoms with E-state index in [1.165, 1.54) is 0 Å². The molecule has 148 valence electrons. The molecule has 0 atom stereocenters. The molecule has 1 aliphatic heterocycles. The van der Waals surface area contributed by atoms with Crippen LogP contribution in [0.3, 0.4) is 0 Å². The van der Waals surface area contributed by atoms with Gasteiger partial charge in [-0.05, 0) is 6.92 Å². The van der Waals surface area contributed by atoms with Gasteiger partial charge in [0.2, 0.25) is 0 Å². The monoisotopic (exact) mass is 399 g/mol. The van der Waals surface area contributed by atoms with Gasteiger partial charge in [-0.2, -0.15) is 52.7 Å². The Bertz CT molecular complexity index is 509. The van der Waals surface area contributed by atoms with Gasteiger partial charge in [0, 0.05) is 13.6 Å². The first-order chi connectivity index (χ1) is 10.8. The van der Waals surface area contributed by atoms with Crippen molar-refractivity contribution in [3.8, 4) is 0 Å². The second-order valence-corrected chi connectivity index (χ2v) is 4.93. The van der Waals surface area contributed by atoms with Crippen LogP contribution in [0.4, 0.5) is 52.7 Å². The highest BCUT2D eigenvalue weighted by Crippen LogP contribution is 2.56. The Morgan fingerprint density at radius 3 is 1.40 bits per heavy atom. The summed E-state index contributed by atoms with van der Waals surface area (Å²) < 4.78 is 157. The lowest BCUT2D eigenvalue weighted by Crippen LogP contribution is -2.75. The van der Waals surface area contributed by atoms with E-state index in [0.717, 1.165) is 6.92 Å². The van der Waals surface area contributed by atoms with Crippen LogP contribution in [0.25, 0.3) is 0 Å². The largest absolute Gasteiger partial charge is 0.434 e. The summed E-state index contributed by atoms with van der Waals surface area (Å²) in [6, 6.07) is 0. The molecule has 0 unspecified atom stereocenters. The summed E-state index contributed by atoms with van der Waals surface area (Å²) in [7, 11) is -0.193. The van der Waals surface area contributed by atoms with Gasteiger partial charge in [-0.3, -0.25) is 10.3 Å². The number of aliphatic imine (C=N–C) groups is 1. The maximum Gasteiger partial charge on any atom is 0.434 e. The third-order valence-corrected chi connectivity index (χ3v) is 3.50. The first kappa shape index (κ1) is 21.6. The molecule has 0 aliphatic carbocycles. The summed E-state index contributed by atoms with van der Waals surface area (Å²) in [5, 5.41) is -0.242. The fourth-order valence-electron chi connectivity index (χ4n) is 2.43. The van der Waals surface area contributed by atoms with E-state index >= 15 is 0 Å². The maximum absolute atomic E-state index is 13.2. The van der Waals surface area contributed by atoms with Crippen molar-refractivity contribution in [2.75, 3.05) is 13.6 Å². The predicted octanol–water partition coefficient (Wildman–Crippen LogP) is 3.62. The molecule has 1 heterocycles. The van der Waals surface area contributed by atoms with Crippen molar-refractivity contribution in [2.24, 2.45) is 4.99 Å². The van der Waals surface area contributed by atoms with Crippen LogP contribution in [0, 0.1) is 0 Å². The molecular weight excluding hydrogens is 390 g/mol. The van der Waals surface area contributed by atoms with Gasteiger partial charge in [0.25, 0.3) is 11.2 Å². The molecule has 0 aromatic carbocycles. The zero-order chi connectivity index (χ0) is 20.3. The van der Waals surface area contributed by atoms with Crippen molar-refractivity contribution in [1.29, 1.82) is 0 Å². The predicted molar refractivity (Wildman–Crippen MR) is 58.6 cm³/mol. The molecule has 1 aliphatic rings. The Labute approximate surface area is 131 Å². The number of nitrogens with one attached hydrogen (secondary N) is 1. The fraction of sp³-hybridized carbons (Fsp3) is 0.900. The molecule has 0 spiro atoms. The van der Waals surface area contributed by atoms with Crippen molar-refractivity contribution in [3.05, 3.63) is 0 Å². The van der Waals surface area contributed by atoms with Crippen LogP contribution in [-0.2, 0) is 0 Å². The van der Waals surface area contributed by atoms with Crippen LogP contribution in [0.15, 0.2) is 4.99 Å². The lowest BCUT2D eigenvalue weighted by Gasteiger charge is -2.39. The lowest BCUT2D eigenvalue weighted by atomic mass is 9.96. The van der Waals surface area contributed by atoms with Crippen molar-refractivity contribution in [2.45, 2.75) is 42.8 Å². The van der Waals surface area contributed by atoms with Crippen molar-refractivity contribution in [1.82, 2.24) is 10.2 Å². The van der Waals surface area contributed by atoms with E-state index in [9.17, 15) is 52.7 Å². The first-order valence-corrected chi connectivity index (χ1v) is 6.16. The highest BCUT2D eigenvalue weighted by molar-refractivity contribution is 5.96. The van der Waals surface area contributed by atoms with Crippen LogP contribution in [0.5, 0.6) is 0 Å². The van der Waals surface area contributed by atoms with Crippen LogP contribution in [0.1, 0.15) is 6.92 Å². The molecule has 0 aromatic rings. The summed E-state index contributed by atoms with van der Waals surface area (Å²) in [4.78, 5) is 1.44. The molecule has 15 heteroatoms. The number of hydrogen-bond donors (Lipinski definition) is 1. The number of amidine groups is 1. The smallest absolute Gasteiger partial charge is 0.328 e. The second kappa shape index (κ2) is 5.54. The standard InChI is InChI=1S/C10H9F12N3/c1-3-23-4-5(7(11,12)13,8(14,15)16)24-6(25(4)2,9(17,18)19)10(20,21)22/h24H,3H2,1-2H3. The number of likely N-dealkylation sites (N-methyl/N-ethyl adjacent to an activating group) is 1. The molecule has 1 saturated heterocycles. The molecule has 25 heavy (non-hydrogen) atoms. The summed E-state index contributed by atoms with van der Waals surface area (Å²) in [6.45, 7) is -0.0828. The summed E-state index contributed by atoms with van der Waals surface area (Å²) in [5.41, 5.74) is -11.3. The Kier molecular flexibility index (Phi) is 4.80. The highest BCUT2D eigenvalue weighted by atomic mass is 19.4. The normalized spacial score (nSPS) is 23.4. The van der Waals surface area contributed by atoms with E-state index in [0.29, 0.717) is 0 Å². The lowest BCUT2D eigenvalue weighted by molar-refractivity contribution is -0.350. The van der Waals surface area contributed by atoms with E-state index in [1.54, 1.807) is 0 Å². The van der Waals surface area contributed by atoms with Crippen molar-refractivity contribution < 1.29 is 52.7 Å². The van der Waals surface area contributed by atoms with Gasteiger partial charge < -0.3 is 4.90 Å². The minimum absolute atomic E-state index is 0.193. The second-order valence-electron chi connectivity index (χ2n) is 4.93. The van der Waals surface area contributed by atoms with Gasteiger partial charge in [-0.25, -0.2) is 0 Å². The van der Waals surface area contributed by atoms with Crippen molar-refractivity contribution >= 4 is 5.84 Å². The summed E-state index contributed by atoms with van der Waals surface area (Å²) in [6.07, 6.45) is -26.4. The molecule has 0 radical (unpaired) electrons. The SMILES string of the molecule is CCN=C1N(C)C(C(F)(F)F)(C(F)(F)F)NC1(C(F)(F)F)C(F)(F)F. The van der Waals surface area contributed by atoms with Crippen LogP contribution in [0.2, 0.25) is 0 Å². The molecule has 3 nitrogen and oxygen atoms in total. The molecule has 0 bridgehead atoms. The zero-order valence-electron chi connectivity index (χ0n) is 12.1.